The van der Waals surface area contributed by atoms with E-state index in [9.17, 15) is 4.79 Å². The first kappa shape index (κ1) is 19.9. The van der Waals surface area contributed by atoms with Crippen LogP contribution in [0.25, 0.3) is 0 Å². The Kier molecular flexibility index (Phi) is 5.65. The predicted octanol–water partition coefficient (Wildman–Crippen LogP) is 4.44. The number of piperidine rings is 1. The zero-order valence-electron chi connectivity index (χ0n) is 17.4. The molecule has 1 aromatic carbocycles. The van der Waals surface area contributed by atoms with Crippen LogP contribution in [0, 0.1) is 13.8 Å². The molecular formula is C24H27N5O. The maximum absolute atomic E-state index is 13.0. The molecule has 1 atom stereocenters. The van der Waals surface area contributed by atoms with Crippen molar-refractivity contribution in [1.82, 2.24) is 14.9 Å². The van der Waals surface area contributed by atoms with Crippen molar-refractivity contribution in [1.29, 1.82) is 0 Å². The van der Waals surface area contributed by atoms with E-state index >= 15 is 0 Å². The number of nitrogens with zero attached hydrogens (tertiary/aromatic N) is 3. The molecule has 6 nitrogen and oxygen atoms in total. The molecule has 1 saturated heterocycles. The van der Waals surface area contributed by atoms with Crippen molar-refractivity contribution in [3.8, 4) is 0 Å². The fourth-order valence-corrected chi connectivity index (χ4v) is 3.95. The van der Waals surface area contributed by atoms with Gasteiger partial charge in [-0.25, -0.2) is 4.98 Å². The number of amides is 1. The Balaban J connectivity index is 1.53. The molecule has 6 heteroatoms. The first-order chi connectivity index (χ1) is 14.5. The van der Waals surface area contributed by atoms with Gasteiger partial charge in [0.2, 0.25) is 0 Å². The number of anilines is 3. The number of nitrogen functional groups attached to an aromatic ring is 1. The molecule has 1 fully saturated rings. The quantitative estimate of drug-likeness (QED) is 0.675. The molecule has 1 amide bonds. The largest absolute Gasteiger partial charge is 0.383 e. The third-order valence-electron chi connectivity index (χ3n) is 5.51. The number of aryl methyl sites for hydroxylation is 2. The van der Waals surface area contributed by atoms with Crippen LogP contribution in [0.1, 0.15) is 46.1 Å². The number of likely N-dealkylation sites (tertiary alicyclic amines) is 1. The molecule has 3 N–H and O–H groups in total. The normalized spacial score (nSPS) is 16.3. The van der Waals surface area contributed by atoms with E-state index in [1.807, 2.05) is 17.9 Å². The zero-order valence-corrected chi connectivity index (χ0v) is 17.4. The van der Waals surface area contributed by atoms with Crippen LogP contribution < -0.4 is 11.1 Å². The maximum atomic E-state index is 13.0. The van der Waals surface area contributed by atoms with E-state index in [2.05, 4.69) is 47.6 Å². The van der Waals surface area contributed by atoms with E-state index in [-0.39, 0.29) is 17.6 Å². The minimum Gasteiger partial charge on any atom is -0.383 e. The Hall–Kier alpha value is -3.41. The van der Waals surface area contributed by atoms with Crippen molar-refractivity contribution >= 4 is 23.1 Å². The second kappa shape index (κ2) is 8.53. The zero-order chi connectivity index (χ0) is 21.1. The lowest BCUT2D eigenvalue weighted by Crippen LogP contribution is -2.39. The highest BCUT2D eigenvalue weighted by atomic mass is 16.2. The van der Waals surface area contributed by atoms with Gasteiger partial charge in [-0.15, -0.1) is 0 Å². The number of pyridine rings is 2. The van der Waals surface area contributed by atoms with Gasteiger partial charge in [0, 0.05) is 48.0 Å². The molecule has 154 valence electrons. The Morgan fingerprint density at radius 2 is 1.93 bits per heavy atom. The maximum Gasteiger partial charge on any atom is 0.257 e. The number of nitrogens with two attached hydrogens (primary N) is 1. The predicted molar refractivity (Wildman–Crippen MR) is 120 cm³/mol. The van der Waals surface area contributed by atoms with Crippen molar-refractivity contribution in [2.24, 2.45) is 0 Å². The van der Waals surface area contributed by atoms with E-state index in [0.717, 1.165) is 42.1 Å². The molecule has 4 rings (SSSR count). The lowest BCUT2D eigenvalue weighted by Gasteiger charge is -2.33. The molecular weight excluding hydrogens is 374 g/mol. The van der Waals surface area contributed by atoms with Crippen LogP contribution in [0.15, 0.2) is 54.7 Å². The summed E-state index contributed by atoms with van der Waals surface area (Å²) in [4.78, 5) is 23.7. The fraction of sp³-hybridized carbons (Fsp3) is 0.292. The lowest BCUT2D eigenvalue weighted by atomic mass is 9.93. The number of carbonyl (C=O) groups is 1. The third-order valence-corrected chi connectivity index (χ3v) is 5.51. The number of carbonyl (C=O) groups excluding carboxylic acids is 1. The number of benzene rings is 1. The average molecular weight is 402 g/mol. The van der Waals surface area contributed by atoms with Crippen LogP contribution in [-0.4, -0.2) is 33.9 Å². The molecule has 0 saturated carbocycles. The minimum atomic E-state index is -0.0593. The van der Waals surface area contributed by atoms with Gasteiger partial charge in [0.1, 0.15) is 5.82 Å². The number of hydrogen-bond donors (Lipinski definition) is 2. The van der Waals surface area contributed by atoms with Crippen molar-refractivity contribution in [3.05, 3.63) is 77.2 Å². The molecule has 2 aromatic heterocycles. The summed E-state index contributed by atoms with van der Waals surface area (Å²) < 4.78 is 0. The number of aromatic nitrogens is 2. The van der Waals surface area contributed by atoms with Gasteiger partial charge in [-0.05, 0) is 63.1 Å². The Morgan fingerprint density at radius 3 is 2.70 bits per heavy atom. The third kappa shape index (κ3) is 4.43. The Morgan fingerprint density at radius 1 is 1.13 bits per heavy atom. The van der Waals surface area contributed by atoms with E-state index < -0.39 is 0 Å². The van der Waals surface area contributed by atoms with Gasteiger partial charge in [-0.1, -0.05) is 17.7 Å². The van der Waals surface area contributed by atoms with Crippen molar-refractivity contribution in [3.63, 3.8) is 0 Å². The van der Waals surface area contributed by atoms with E-state index in [1.54, 1.807) is 18.3 Å². The number of rotatable bonds is 4. The van der Waals surface area contributed by atoms with E-state index in [4.69, 9.17) is 10.7 Å². The molecule has 0 aliphatic carbocycles. The second-order valence-electron chi connectivity index (χ2n) is 7.94. The average Bonchev–Trinajstić information content (AvgIpc) is 2.75. The monoisotopic (exact) mass is 401 g/mol. The fourth-order valence-electron chi connectivity index (χ4n) is 3.95. The Labute approximate surface area is 177 Å². The van der Waals surface area contributed by atoms with Crippen LogP contribution >= 0.6 is 0 Å². The van der Waals surface area contributed by atoms with E-state index in [1.165, 1.54) is 5.56 Å². The molecule has 0 spiro atoms. The van der Waals surface area contributed by atoms with Crippen LogP contribution in [0.2, 0.25) is 0 Å². The highest BCUT2D eigenvalue weighted by Crippen LogP contribution is 2.30. The van der Waals surface area contributed by atoms with Crippen LogP contribution in [0.5, 0.6) is 0 Å². The lowest BCUT2D eigenvalue weighted by molar-refractivity contribution is 0.0706. The van der Waals surface area contributed by atoms with Gasteiger partial charge in [-0.3, -0.25) is 9.78 Å². The Bertz CT molecular complexity index is 1050. The highest BCUT2D eigenvalue weighted by Gasteiger charge is 2.27. The topological polar surface area (TPSA) is 84.1 Å². The van der Waals surface area contributed by atoms with Crippen molar-refractivity contribution < 1.29 is 4.79 Å². The SMILES string of the molecule is Cc1ccc(Nc2cc(C)nc([C@@H]3CCCN(C(=O)c4cccnc4N)C3)c2)cc1. The molecule has 0 bridgehead atoms. The summed E-state index contributed by atoms with van der Waals surface area (Å²) in [5, 5.41) is 3.47. The summed E-state index contributed by atoms with van der Waals surface area (Å²) in [5.74, 6) is 0.415. The first-order valence-electron chi connectivity index (χ1n) is 10.3. The number of hydrogen-bond acceptors (Lipinski definition) is 5. The summed E-state index contributed by atoms with van der Waals surface area (Å²) in [5.41, 5.74) is 11.7. The number of nitrogens with one attached hydrogen (secondary N) is 1. The van der Waals surface area contributed by atoms with Gasteiger partial charge in [0.15, 0.2) is 0 Å². The molecule has 1 aliphatic rings. The standard InChI is InChI=1S/C24H27N5O/c1-16-7-9-19(10-8-16)28-20-13-17(2)27-22(14-20)18-5-4-12-29(15-18)24(30)21-6-3-11-26-23(21)25/h3,6-11,13-14,18H,4-5,12,15H2,1-2H3,(H2,25,26)(H,27,28)/t18-/m1/s1. The summed E-state index contributed by atoms with van der Waals surface area (Å²) in [6, 6.07) is 16.0. The molecule has 0 radical (unpaired) electrons. The van der Waals surface area contributed by atoms with Gasteiger partial charge in [0.25, 0.3) is 5.91 Å². The van der Waals surface area contributed by atoms with Crippen molar-refractivity contribution in [2.75, 3.05) is 24.1 Å². The van der Waals surface area contributed by atoms with Gasteiger partial charge in [0.05, 0.1) is 5.56 Å². The van der Waals surface area contributed by atoms with Gasteiger partial charge in [-0.2, -0.15) is 0 Å². The van der Waals surface area contributed by atoms with Gasteiger partial charge < -0.3 is 16.0 Å². The summed E-state index contributed by atoms with van der Waals surface area (Å²) >= 11 is 0. The summed E-state index contributed by atoms with van der Waals surface area (Å²) in [7, 11) is 0. The van der Waals surface area contributed by atoms with Gasteiger partial charge >= 0.3 is 0 Å². The first-order valence-corrected chi connectivity index (χ1v) is 10.3. The molecule has 3 aromatic rings. The summed E-state index contributed by atoms with van der Waals surface area (Å²) in [6.45, 7) is 5.44. The van der Waals surface area contributed by atoms with Crippen LogP contribution in [-0.2, 0) is 0 Å². The minimum absolute atomic E-state index is 0.0593. The molecule has 3 heterocycles. The van der Waals surface area contributed by atoms with E-state index in [0.29, 0.717) is 12.1 Å². The highest BCUT2D eigenvalue weighted by molar-refractivity contribution is 5.98. The molecule has 0 unspecified atom stereocenters. The second-order valence-corrected chi connectivity index (χ2v) is 7.94. The van der Waals surface area contributed by atoms with Crippen LogP contribution in [0.3, 0.4) is 0 Å². The van der Waals surface area contributed by atoms with Crippen molar-refractivity contribution in [2.45, 2.75) is 32.6 Å². The smallest absolute Gasteiger partial charge is 0.257 e. The molecule has 1 aliphatic heterocycles. The van der Waals surface area contributed by atoms with Crippen LogP contribution in [0.4, 0.5) is 17.2 Å². The summed E-state index contributed by atoms with van der Waals surface area (Å²) in [6.07, 6.45) is 3.55. The molecule has 30 heavy (non-hydrogen) atoms.